The van der Waals surface area contributed by atoms with E-state index in [1.807, 2.05) is 0 Å². The van der Waals surface area contributed by atoms with E-state index in [1.165, 1.54) is 7.11 Å². The Morgan fingerprint density at radius 1 is 1.91 bits per heavy atom. The molecule has 0 spiro atoms. The molecule has 0 saturated carbocycles. The molecule has 1 atom stereocenters. The molecular formula is C5H10N2O4. The molecule has 6 heteroatoms. The number of nitro groups is 1. The average molecular weight is 162 g/mol. The van der Waals surface area contributed by atoms with Gasteiger partial charge in [-0.1, -0.05) is 5.01 Å². The number of ether oxygens (including phenoxy) is 2. The monoisotopic (exact) mass is 162 g/mol. The van der Waals surface area contributed by atoms with Crippen molar-refractivity contribution in [2.45, 2.75) is 6.10 Å². The van der Waals surface area contributed by atoms with Crippen LogP contribution in [0.5, 0.6) is 0 Å². The average Bonchev–Trinajstić information content (AvgIpc) is 2.37. The second-order valence-electron chi connectivity index (χ2n) is 2.30. The molecule has 6 nitrogen and oxygen atoms in total. The maximum atomic E-state index is 10.2. The summed E-state index contributed by atoms with van der Waals surface area (Å²) in [7, 11) is 1.54. The van der Waals surface area contributed by atoms with Crippen molar-refractivity contribution in [1.82, 2.24) is 5.01 Å². The van der Waals surface area contributed by atoms with Crippen LogP contribution in [0.3, 0.4) is 0 Å². The van der Waals surface area contributed by atoms with E-state index in [0.29, 0.717) is 13.2 Å². The number of methoxy groups -OCH3 is 1. The predicted octanol–water partition coefficient (Wildman–Crippen LogP) is -0.517. The van der Waals surface area contributed by atoms with Gasteiger partial charge in [0.25, 0.3) is 0 Å². The van der Waals surface area contributed by atoms with Gasteiger partial charge in [-0.15, -0.1) is 0 Å². The molecule has 1 heterocycles. The second kappa shape index (κ2) is 3.49. The van der Waals surface area contributed by atoms with Crippen molar-refractivity contribution >= 4 is 0 Å². The molecule has 1 aliphatic heterocycles. The minimum atomic E-state index is -0.463. The highest BCUT2D eigenvalue weighted by atomic mass is 16.7. The molecule has 0 aromatic heterocycles. The Balaban J connectivity index is 2.29. The zero-order valence-electron chi connectivity index (χ0n) is 6.23. The van der Waals surface area contributed by atoms with Crippen LogP contribution < -0.4 is 0 Å². The summed E-state index contributed by atoms with van der Waals surface area (Å²) in [6, 6.07) is 0. The predicted molar refractivity (Wildman–Crippen MR) is 35.3 cm³/mol. The molecule has 64 valence electrons. The third kappa shape index (κ3) is 2.02. The van der Waals surface area contributed by atoms with Crippen molar-refractivity contribution in [2.24, 2.45) is 0 Å². The molecule has 11 heavy (non-hydrogen) atoms. The van der Waals surface area contributed by atoms with Gasteiger partial charge in [-0.25, -0.2) is 10.1 Å². The van der Waals surface area contributed by atoms with E-state index in [-0.39, 0.29) is 12.8 Å². The van der Waals surface area contributed by atoms with Crippen LogP contribution in [0.2, 0.25) is 0 Å². The first-order valence-corrected chi connectivity index (χ1v) is 3.24. The van der Waals surface area contributed by atoms with Crippen LogP contribution in [0, 0.1) is 10.1 Å². The van der Waals surface area contributed by atoms with Crippen molar-refractivity contribution in [3.63, 3.8) is 0 Å². The Morgan fingerprint density at radius 2 is 2.64 bits per heavy atom. The summed E-state index contributed by atoms with van der Waals surface area (Å²) in [6.07, 6.45) is -0.162. The quantitative estimate of drug-likeness (QED) is 0.412. The maximum absolute atomic E-state index is 10.2. The van der Waals surface area contributed by atoms with E-state index >= 15 is 0 Å². The molecule has 0 aromatic carbocycles. The summed E-state index contributed by atoms with van der Waals surface area (Å²) in [5.74, 6) is 0. The normalized spacial score (nSPS) is 24.1. The Hall–Kier alpha value is -0.880. The lowest BCUT2D eigenvalue weighted by atomic mass is 10.4. The molecule has 1 fully saturated rings. The zero-order valence-corrected chi connectivity index (χ0v) is 6.23. The van der Waals surface area contributed by atoms with Gasteiger partial charge < -0.3 is 9.47 Å². The van der Waals surface area contributed by atoms with Gasteiger partial charge in [0.15, 0.2) is 11.8 Å². The van der Waals surface area contributed by atoms with E-state index < -0.39 is 5.03 Å². The molecule has 1 saturated heterocycles. The third-order valence-corrected chi connectivity index (χ3v) is 1.46. The number of nitrogens with zero attached hydrogens (tertiary/aromatic N) is 2. The van der Waals surface area contributed by atoms with Gasteiger partial charge in [0.1, 0.15) is 12.6 Å². The number of hydrogen-bond acceptors (Lipinski definition) is 4. The molecule has 0 aliphatic carbocycles. The number of hydrazine groups is 1. The van der Waals surface area contributed by atoms with Crippen molar-refractivity contribution in [1.29, 1.82) is 0 Å². The molecule has 1 unspecified atom stereocenters. The summed E-state index contributed by atoms with van der Waals surface area (Å²) >= 11 is 0. The minimum absolute atomic E-state index is 0.0566. The largest absolute Gasteiger partial charge is 0.382 e. The first kappa shape index (κ1) is 8.22. The van der Waals surface area contributed by atoms with Gasteiger partial charge in [-0.05, 0) is 0 Å². The van der Waals surface area contributed by atoms with Crippen LogP contribution in [0.25, 0.3) is 0 Å². The molecule has 0 bridgehead atoms. The van der Waals surface area contributed by atoms with Crippen LogP contribution in [0.4, 0.5) is 0 Å². The first-order valence-electron chi connectivity index (χ1n) is 3.24. The molecule has 0 radical (unpaired) electrons. The SMILES string of the molecule is COCC1CN([N+](=O)[O-])CO1. The van der Waals surface area contributed by atoms with Crippen LogP contribution >= 0.6 is 0 Å². The molecule has 1 aliphatic rings. The third-order valence-electron chi connectivity index (χ3n) is 1.46. The fraction of sp³-hybridized carbons (Fsp3) is 1.00. The summed E-state index contributed by atoms with van der Waals surface area (Å²) in [5.41, 5.74) is 0. The Bertz CT molecular complexity index is 151. The highest BCUT2D eigenvalue weighted by molar-refractivity contribution is 4.63. The van der Waals surface area contributed by atoms with Gasteiger partial charge in [0, 0.05) is 7.11 Å². The minimum Gasteiger partial charge on any atom is -0.382 e. The van der Waals surface area contributed by atoms with E-state index in [1.54, 1.807) is 0 Å². The lowest BCUT2D eigenvalue weighted by Gasteiger charge is -2.04. The van der Waals surface area contributed by atoms with Crippen LogP contribution in [-0.2, 0) is 9.47 Å². The summed E-state index contributed by atoms with van der Waals surface area (Å²) < 4.78 is 9.81. The van der Waals surface area contributed by atoms with Crippen molar-refractivity contribution in [2.75, 3.05) is 27.0 Å². The van der Waals surface area contributed by atoms with Crippen LogP contribution in [0.1, 0.15) is 0 Å². The molecule has 0 N–H and O–H groups in total. The van der Waals surface area contributed by atoms with Gasteiger partial charge in [-0.3, -0.25) is 0 Å². The lowest BCUT2D eigenvalue weighted by Crippen LogP contribution is -2.29. The van der Waals surface area contributed by atoms with Crippen LogP contribution in [-0.4, -0.2) is 43.1 Å². The topological polar surface area (TPSA) is 64.8 Å². The Labute approximate surface area is 63.8 Å². The van der Waals surface area contributed by atoms with E-state index in [0.717, 1.165) is 5.01 Å². The highest BCUT2D eigenvalue weighted by Crippen LogP contribution is 2.07. The maximum Gasteiger partial charge on any atom is 0.177 e. The second-order valence-corrected chi connectivity index (χ2v) is 2.30. The fourth-order valence-corrected chi connectivity index (χ4v) is 0.932. The van der Waals surface area contributed by atoms with Gasteiger partial charge in [-0.2, -0.15) is 0 Å². The van der Waals surface area contributed by atoms with Crippen molar-refractivity contribution < 1.29 is 14.5 Å². The summed E-state index contributed by atoms with van der Waals surface area (Å²) in [5, 5.41) is 10.7. The molecule has 1 rings (SSSR count). The fourth-order valence-electron chi connectivity index (χ4n) is 0.932. The standard InChI is InChI=1S/C5H10N2O4/c1-10-3-5-2-6(4-11-5)7(8)9/h5H,2-4H2,1H3. The van der Waals surface area contributed by atoms with Crippen LogP contribution in [0.15, 0.2) is 0 Å². The van der Waals surface area contributed by atoms with Crippen molar-refractivity contribution in [3.8, 4) is 0 Å². The van der Waals surface area contributed by atoms with Gasteiger partial charge in [0.2, 0.25) is 0 Å². The van der Waals surface area contributed by atoms with E-state index in [9.17, 15) is 10.1 Å². The van der Waals surface area contributed by atoms with E-state index in [2.05, 4.69) is 0 Å². The summed E-state index contributed by atoms with van der Waals surface area (Å²) in [6.45, 7) is 0.770. The summed E-state index contributed by atoms with van der Waals surface area (Å²) in [4.78, 5) is 10.2. The molecule has 0 aromatic rings. The van der Waals surface area contributed by atoms with Gasteiger partial charge >= 0.3 is 0 Å². The van der Waals surface area contributed by atoms with Gasteiger partial charge in [0.05, 0.1) is 6.61 Å². The van der Waals surface area contributed by atoms with E-state index in [4.69, 9.17) is 9.47 Å². The first-order chi connectivity index (χ1) is 5.24. The molecular weight excluding hydrogens is 152 g/mol. The lowest BCUT2D eigenvalue weighted by molar-refractivity contribution is -0.654. The number of rotatable bonds is 3. The Kier molecular flexibility index (Phi) is 2.61. The smallest absolute Gasteiger partial charge is 0.177 e. The van der Waals surface area contributed by atoms with Crippen molar-refractivity contribution in [3.05, 3.63) is 10.1 Å². The molecule has 0 amide bonds. The Morgan fingerprint density at radius 3 is 3.09 bits per heavy atom. The zero-order chi connectivity index (χ0) is 8.27. The highest BCUT2D eigenvalue weighted by Gasteiger charge is 2.29. The number of hydrogen-bond donors (Lipinski definition) is 0.